The molecule has 0 radical (unpaired) electrons. The summed E-state index contributed by atoms with van der Waals surface area (Å²) in [7, 11) is 1.97. The number of piperidine rings is 1. The number of halogens is 2. The first kappa shape index (κ1) is 24.2. The molecule has 1 saturated heterocycles. The number of hydrogen-bond acceptors (Lipinski definition) is 2. The number of amides is 2. The topological polar surface area (TPSA) is 49.4 Å². The molecule has 1 aromatic carbocycles. The Bertz CT molecular complexity index is 1070. The lowest BCUT2D eigenvalue weighted by Crippen LogP contribution is -2.55. The molecule has 4 aliphatic rings. The van der Waals surface area contributed by atoms with Gasteiger partial charge < -0.3 is 10.2 Å². The van der Waals surface area contributed by atoms with E-state index in [0.29, 0.717) is 40.8 Å². The van der Waals surface area contributed by atoms with E-state index in [9.17, 15) is 9.59 Å². The number of fused-ring (bicyclic) bond motifs is 5. The van der Waals surface area contributed by atoms with E-state index in [2.05, 4.69) is 26.1 Å². The number of nitrogens with zero attached hydrogens (tertiary/aromatic N) is 1. The molecule has 184 valence electrons. The Balaban J connectivity index is 1.35. The third kappa shape index (κ3) is 3.63. The van der Waals surface area contributed by atoms with Crippen LogP contribution in [0.5, 0.6) is 0 Å². The van der Waals surface area contributed by atoms with Crippen molar-refractivity contribution >= 4 is 35.0 Å². The van der Waals surface area contributed by atoms with Crippen molar-refractivity contribution in [3.05, 3.63) is 45.1 Å². The van der Waals surface area contributed by atoms with Crippen LogP contribution in [0.1, 0.15) is 71.3 Å². The molecule has 0 aromatic heterocycles. The number of rotatable bonds is 3. The number of carbonyl (C=O) groups excluding carboxylic acids is 2. The average Bonchev–Trinajstić information content (AvgIpc) is 3.15. The number of likely N-dealkylation sites (tertiary alicyclic amines) is 1. The minimum atomic E-state index is 0.0351. The van der Waals surface area contributed by atoms with E-state index in [-0.39, 0.29) is 28.6 Å². The van der Waals surface area contributed by atoms with Crippen LogP contribution in [0, 0.1) is 34.5 Å². The van der Waals surface area contributed by atoms with Crippen LogP contribution in [0.25, 0.3) is 0 Å². The summed E-state index contributed by atoms with van der Waals surface area (Å²) < 4.78 is 0. The summed E-state index contributed by atoms with van der Waals surface area (Å²) in [4.78, 5) is 27.8. The first-order valence-corrected chi connectivity index (χ1v) is 13.5. The maximum Gasteiger partial charge on any atom is 0.226 e. The van der Waals surface area contributed by atoms with Crippen molar-refractivity contribution in [1.29, 1.82) is 0 Å². The van der Waals surface area contributed by atoms with Gasteiger partial charge in [-0.2, -0.15) is 0 Å². The first-order chi connectivity index (χ1) is 16.1. The minimum absolute atomic E-state index is 0.0351. The molecular formula is C28H36Cl2N2O2. The smallest absolute Gasteiger partial charge is 0.226 e. The van der Waals surface area contributed by atoms with Gasteiger partial charge in [0.2, 0.25) is 11.8 Å². The summed E-state index contributed by atoms with van der Waals surface area (Å²) in [6.07, 6.45) is 6.98. The van der Waals surface area contributed by atoms with Gasteiger partial charge in [0.1, 0.15) is 0 Å². The summed E-state index contributed by atoms with van der Waals surface area (Å²) in [5, 5.41) is 4.24. The fourth-order valence-electron chi connectivity index (χ4n) is 8.50. The molecule has 1 aromatic rings. The summed E-state index contributed by atoms with van der Waals surface area (Å²) in [5.41, 5.74) is 3.76. The first-order valence-electron chi connectivity index (χ1n) is 12.7. The Kier molecular flexibility index (Phi) is 6.08. The Morgan fingerprint density at radius 3 is 2.62 bits per heavy atom. The summed E-state index contributed by atoms with van der Waals surface area (Å²) >= 11 is 12.2. The van der Waals surface area contributed by atoms with Gasteiger partial charge in [-0.15, -0.1) is 0 Å². The van der Waals surface area contributed by atoms with Crippen LogP contribution in [0.4, 0.5) is 0 Å². The van der Waals surface area contributed by atoms with Crippen LogP contribution in [0.3, 0.4) is 0 Å². The fraction of sp³-hybridized carbons (Fsp3) is 0.643. The average molecular weight is 504 g/mol. The van der Waals surface area contributed by atoms with Crippen molar-refractivity contribution in [3.8, 4) is 0 Å². The standard InChI is InChI=1S/C28H36Cl2N2O2/c1-16-13-18-19-6-7-21(26(34)31-15-17-5-8-22(29)23(30)14-17)27(19,2)11-9-20(18)28(3)12-10-24(33)32(4)25(16)28/h5,8,14,18-21H,6-7,9-13,15H2,1-4H3,(H,31,34)/t18-,19-,20-,21+,27-,28+/m0/s1. The Morgan fingerprint density at radius 2 is 1.88 bits per heavy atom. The van der Waals surface area contributed by atoms with Crippen LogP contribution in [0.2, 0.25) is 10.0 Å². The van der Waals surface area contributed by atoms with Gasteiger partial charge in [-0.05, 0) is 86.3 Å². The quantitative estimate of drug-likeness (QED) is 0.505. The molecule has 2 saturated carbocycles. The highest BCUT2D eigenvalue weighted by Crippen LogP contribution is 2.66. The lowest BCUT2D eigenvalue weighted by Gasteiger charge is -2.59. The monoisotopic (exact) mass is 502 g/mol. The van der Waals surface area contributed by atoms with Crippen LogP contribution in [-0.2, 0) is 16.1 Å². The van der Waals surface area contributed by atoms with E-state index >= 15 is 0 Å². The van der Waals surface area contributed by atoms with Crippen LogP contribution in [-0.4, -0.2) is 23.8 Å². The summed E-state index contributed by atoms with van der Waals surface area (Å²) in [5.74, 6) is 2.23. The van der Waals surface area contributed by atoms with Gasteiger partial charge in [0.05, 0.1) is 10.0 Å². The molecule has 1 N–H and O–H groups in total. The molecule has 0 bridgehead atoms. The van der Waals surface area contributed by atoms with Crippen molar-refractivity contribution in [2.24, 2.45) is 34.5 Å². The van der Waals surface area contributed by atoms with E-state index in [1.807, 2.05) is 24.1 Å². The Labute approximate surface area is 213 Å². The second-order valence-corrected chi connectivity index (χ2v) is 12.5. The van der Waals surface area contributed by atoms with Gasteiger partial charge in [0.15, 0.2) is 0 Å². The fourth-order valence-corrected chi connectivity index (χ4v) is 8.82. The number of benzene rings is 1. The van der Waals surface area contributed by atoms with E-state index < -0.39 is 0 Å². The van der Waals surface area contributed by atoms with Crippen molar-refractivity contribution < 1.29 is 9.59 Å². The molecule has 0 unspecified atom stereocenters. The lowest BCUT2D eigenvalue weighted by atomic mass is 9.48. The van der Waals surface area contributed by atoms with Crippen molar-refractivity contribution in [2.45, 2.75) is 72.3 Å². The number of nitrogens with one attached hydrogen (secondary N) is 1. The van der Waals surface area contributed by atoms with Gasteiger partial charge >= 0.3 is 0 Å². The van der Waals surface area contributed by atoms with Crippen molar-refractivity contribution in [2.75, 3.05) is 7.05 Å². The molecule has 6 atom stereocenters. The molecule has 4 nitrogen and oxygen atoms in total. The second kappa shape index (κ2) is 8.55. The number of carbonyl (C=O) groups is 2. The molecule has 6 heteroatoms. The molecule has 3 fully saturated rings. The number of hydrogen-bond donors (Lipinski definition) is 1. The maximum atomic E-state index is 13.4. The Hall–Kier alpha value is -1.52. The lowest BCUT2D eigenvalue weighted by molar-refractivity contribution is -0.138. The minimum Gasteiger partial charge on any atom is -0.352 e. The predicted molar refractivity (Wildman–Crippen MR) is 136 cm³/mol. The highest BCUT2D eigenvalue weighted by Gasteiger charge is 2.61. The Morgan fingerprint density at radius 1 is 1.12 bits per heavy atom. The van der Waals surface area contributed by atoms with Crippen molar-refractivity contribution in [1.82, 2.24) is 10.2 Å². The number of allylic oxidation sites excluding steroid dienone is 2. The highest BCUT2D eigenvalue weighted by atomic mass is 35.5. The van der Waals surface area contributed by atoms with Crippen LogP contribution in [0.15, 0.2) is 29.5 Å². The summed E-state index contributed by atoms with van der Waals surface area (Å²) in [6, 6.07) is 5.53. The van der Waals surface area contributed by atoms with Gasteiger partial charge in [-0.3, -0.25) is 9.59 Å². The largest absolute Gasteiger partial charge is 0.352 e. The van der Waals surface area contributed by atoms with Gasteiger partial charge in [0, 0.05) is 37.0 Å². The van der Waals surface area contributed by atoms with Gasteiger partial charge in [-0.25, -0.2) is 0 Å². The molecule has 1 heterocycles. The molecule has 0 spiro atoms. The highest BCUT2D eigenvalue weighted by molar-refractivity contribution is 6.42. The van der Waals surface area contributed by atoms with E-state index in [4.69, 9.17) is 23.2 Å². The maximum absolute atomic E-state index is 13.4. The molecule has 1 aliphatic heterocycles. The van der Waals surface area contributed by atoms with E-state index in [1.54, 1.807) is 6.07 Å². The zero-order valence-electron chi connectivity index (χ0n) is 20.7. The predicted octanol–water partition coefficient (Wildman–Crippen LogP) is 6.60. The molecule has 2 amide bonds. The van der Waals surface area contributed by atoms with Crippen LogP contribution < -0.4 is 5.32 Å². The van der Waals surface area contributed by atoms with Gasteiger partial charge in [0.25, 0.3) is 0 Å². The summed E-state index contributed by atoms with van der Waals surface area (Å²) in [6.45, 7) is 7.49. The van der Waals surface area contributed by atoms with Crippen molar-refractivity contribution in [3.63, 3.8) is 0 Å². The van der Waals surface area contributed by atoms with E-state index in [0.717, 1.165) is 44.1 Å². The normalized spacial score (nSPS) is 37.2. The molecule has 3 aliphatic carbocycles. The van der Waals surface area contributed by atoms with Gasteiger partial charge in [-0.1, -0.05) is 48.7 Å². The molecular weight excluding hydrogens is 467 g/mol. The zero-order valence-corrected chi connectivity index (χ0v) is 22.2. The SMILES string of the molecule is CC1=C2N(C)C(=O)CC[C@]2(C)[C@H]2CC[C@]3(C)[C@@H](C(=O)NCc4ccc(Cl)c(Cl)c4)CC[C@H]3[C@@H]2C1. The molecule has 5 rings (SSSR count). The third-order valence-electron chi connectivity index (χ3n) is 10.1. The zero-order chi connectivity index (χ0) is 24.4. The third-order valence-corrected chi connectivity index (χ3v) is 10.8. The molecule has 34 heavy (non-hydrogen) atoms. The van der Waals surface area contributed by atoms with E-state index in [1.165, 1.54) is 11.3 Å². The van der Waals surface area contributed by atoms with Crippen LogP contribution >= 0.6 is 23.2 Å². The second-order valence-electron chi connectivity index (χ2n) is 11.7.